The third-order valence-corrected chi connectivity index (χ3v) is 19.5. The predicted molar refractivity (Wildman–Crippen MR) is 421 cm³/mol. The Morgan fingerprint density at radius 1 is 0.255 bits per heavy atom. The van der Waals surface area contributed by atoms with Crippen molar-refractivity contribution in [1.82, 2.24) is 39.9 Å². The highest BCUT2D eigenvalue weighted by Crippen LogP contribution is 2.51. The summed E-state index contributed by atoms with van der Waals surface area (Å²) >= 11 is 0. The summed E-state index contributed by atoms with van der Waals surface area (Å²) < 4.78 is 22.5. The van der Waals surface area contributed by atoms with Gasteiger partial charge in [0.1, 0.15) is 57.1 Å². The van der Waals surface area contributed by atoms with E-state index in [2.05, 4.69) is 137 Å². The molecule has 0 saturated heterocycles. The molecule has 106 heavy (non-hydrogen) atoms. The van der Waals surface area contributed by atoms with Crippen LogP contribution in [-0.2, 0) is 0 Å². The van der Waals surface area contributed by atoms with Gasteiger partial charge in [-0.05, 0) is 87.0 Å². The van der Waals surface area contributed by atoms with Crippen molar-refractivity contribution >= 4 is 50.1 Å². The molecule has 8 bridgehead atoms. The van der Waals surface area contributed by atoms with Crippen molar-refractivity contribution in [2.45, 2.75) is 0 Å². The van der Waals surface area contributed by atoms with E-state index in [0.717, 1.165) is 83.3 Å². The average molecular weight is 1370 g/mol. The molecule has 13 nitrogen and oxygen atoms in total. The van der Waals surface area contributed by atoms with Crippen LogP contribution in [0.15, 0.2) is 334 Å². The molecule has 5 heterocycles. The van der Waals surface area contributed by atoms with Crippen LogP contribution >= 0.6 is 0 Å². The third-order valence-electron chi connectivity index (χ3n) is 19.5. The second-order valence-corrected chi connectivity index (χ2v) is 25.8. The summed E-state index contributed by atoms with van der Waals surface area (Å²) in [4.78, 5) is 53.1. The smallest absolute Gasteiger partial charge is 0.335 e. The Hall–Kier alpha value is -14.7. The van der Waals surface area contributed by atoms with Gasteiger partial charge in [-0.25, -0.2) is 34.7 Å². The number of rotatable bonds is 14. The van der Waals surface area contributed by atoms with E-state index in [9.17, 15) is 9.90 Å². The van der Waals surface area contributed by atoms with E-state index < -0.39 is 5.97 Å². The maximum absolute atomic E-state index is 12.2. The van der Waals surface area contributed by atoms with Gasteiger partial charge in [0.05, 0.1) is 22.1 Å². The molecule has 0 radical (unpaired) electrons. The summed E-state index contributed by atoms with van der Waals surface area (Å²) in [6.07, 6.45) is 0. The fourth-order valence-corrected chi connectivity index (χ4v) is 14.4. The van der Waals surface area contributed by atoms with E-state index in [4.69, 9.17) is 44.1 Å². The number of nitrogens with zero attached hydrogens (tertiary/aromatic N) is 6. The topological polar surface area (TPSA) is 174 Å². The van der Waals surface area contributed by atoms with Gasteiger partial charge in [0.15, 0.2) is 23.3 Å². The molecule has 500 valence electrons. The lowest BCUT2D eigenvalue weighted by atomic mass is 9.97. The van der Waals surface area contributed by atoms with Gasteiger partial charge in [-0.2, -0.15) is 0 Å². The van der Waals surface area contributed by atoms with Crippen LogP contribution in [0.1, 0.15) is 10.4 Å². The van der Waals surface area contributed by atoms with Gasteiger partial charge in [0.2, 0.25) is 0 Å². The maximum Gasteiger partial charge on any atom is 0.335 e. The number of aromatic nitrogens is 8. The molecule has 3 N–H and O–H groups in total. The minimum atomic E-state index is -1.02. The van der Waals surface area contributed by atoms with Gasteiger partial charge in [-0.3, -0.25) is 0 Å². The number of nitrogens with one attached hydrogen (secondary N) is 2. The molecule has 17 aromatic rings. The Kier molecular flexibility index (Phi) is 15.5. The van der Waals surface area contributed by atoms with E-state index in [1.807, 2.05) is 194 Å². The number of aromatic carboxylic acids is 1. The third kappa shape index (κ3) is 11.3. The van der Waals surface area contributed by atoms with Crippen molar-refractivity contribution in [3.8, 4) is 158 Å². The van der Waals surface area contributed by atoms with Crippen molar-refractivity contribution in [3.63, 3.8) is 0 Å². The van der Waals surface area contributed by atoms with Gasteiger partial charge in [-0.15, -0.1) is 0 Å². The van der Waals surface area contributed by atoms with Crippen LogP contribution in [0.2, 0.25) is 0 Å². The normalized spacial score (nSPS) is 11.5. The summed E-state index contributed by atoms with van der Waals surface area (Å²) in [7, 11) is 0. The first-order valence-electron chi connectivity index (χ1n) is 34.8. The maximum atomic E-state index is 12.2. The largest absolute Gasteiger partial charge is 0.478 e. The predicted octanol–water partition coefficient (Wildman–Crippen LogP) is 23.6. The van der Waals surface area contributed by atoms with Crippen LogP contribution in [0.3, 0.4) is 0 Å². The molecule has 0 spiro atoms. The number of fused-ring (bicyclic) bond motifs is 20. The highest BCUT2D eigenvalue weighted by Gasteiger charge is 2.30. The molecule has 0 saturated carbocycles. The van der Waals surface area contributed by atoms with Crippen LogP contribution in [0, 0.1) is 0 Å². The van der Waals surface area contributed by atoms with Gasteiger partial charge in [-0.1, -0.05) is 291 Å². The zero-order chi connectivity index (χ0) is 70.6. The monoisotopic (exact) mass is 1370 g/mol. The zero-order valence-corrected chi connectivity index (χ0v) is 56.5. The number of hydrogen-bond acceptors (Lipinski definition) is 10. The quantitative estimate of drug-likeness (QED) is 0.0945. The zero-order valence-electron chi connectivity index (χ0n) is 56.5. The summed E-state index contributed by atoms with van der Waals surface area (Å²) in [6, 6.07) is 111. The molecule has 0 atom stereocenters. The first kappa shape index (κ1) is 62.3. The molecule has 2 aliphatic rings. The van der Waals surface area contributed by atoms with Crippen LogP contribution in [-0.4, -0.2) is 50.9 Å². The van der Waals surface area contributed by atoms with Crippen LogP contribution in [0.5, 0.6) is 34.5 Å². The molecule has 0 amide bonds. The van der Waals surface area contributed by atoms with Crippen molar-refractivity contribution < 1.29 is 24.1 Å². The van der Waals surface area contributed by atoms with E-state index in [1.54, 1.807) is 12.1 Å². The molecule has 3 aromatic heterocycles. The lowest BCUT2D eigenvalue weighted by molar-refractivity contribution is 0.0696. The number of hydrogen-bond donors (Lipinski definition) is 3. The first-order chi connectivity index (χ1) is 52.4. The lowest BCUT2D eigenvalue weighted by Crippen LogP contribution is -1.95. The fraction of sp³-hybridized carbons (Fsp3) is 0. The number of para-hydroxylation sites is 3. The summed E-state index contributed by atoms with van der Waals surface area (Å²) in [6.45, 7) is 0. The number of ether oxygens (including phenoxy) is 3. The number of carboxylic acid groups (broad SMARTS) is 1. The number of aromatic amines is 2. The minimum Gasteiger partial charge on any atom is -0.478 e. The molecule has 0 aliphatic carbocycles. The minimum absolute atomic E-state index is 0.173. The van der Waals surface area contributed by atoms with Crippen molar-refractivity contribution in [2.24, 2.45) is 0 Å². The van der Waals surface area contributed by atoms with E-state index in [0.29, 0.717) is 119 Å². The Labute approximate surface area is 607 Å². The first-order valence-corrected chi connectivity index (χ1v) is 34.8. The average Bonchev–Trinajstić information content (AvgIpc) is 1.58. The molecular weight excluding hydrogens is 1310 g/mol. The number of carboxylic acids is 1. The van der Waals surface area contributed by atoms with Gasteiger partial charge in [0, 0.05) is 60.7 Å². The fourth-order valence-electron chi connectivity index (χ4n) is 14.4. The van der Waals surface area contributed by atoms with E-state index >= 15 is 0 Å². The molecule has 13 heteroatoms. The number of benzene rings is 14. The van der Waals surface area contributed by atoms with Gasteiger partial charge in [0.25, 0.3) is 0 Å². The van der Waals surface area contributed by atoms with Crippen LogP contribution < -0.4 is 14.2 Å². The summed E-state index contributed by atoms with van der Waals surface area (Å²) in [5, 5.41) is 12.7. The van der Waals surface area contributed by atoms with Crippen molar-refractivity contribution in [2.75, 3.05) is 0 Å². The highest BCUT2D eigenvalue weighted by molar-refractivity contribution is 6.10. The Bertz CT molecular complexity index is 6320. The molecular formula is C93H58N8O5. The molecule has 0 unspecified atom stereocenters. The SMILES string of the molecule is O=C(O)c1ccc(-c2ccc3c4nc5nc(nc6[nH]c(nc7nc(nc([nH]4)c3c2)-c2c(Oc3c(-c4ccccc4)cccc3-c3ccccc3)cccc2-7)c2c(Oc3c(-c4ccccc4)cccc3-c3ccccc3)cccc62)-c2c(Oc3c(-c4ccccc4)cccc3-c3ccccc3)cccc2-5)cc1. The Morgan fingerprint density at radius 2 is 0.575 bits per heavy atom. The molecule has 2 aliphatic heterocycles. The summed E-state index contributed by atoms with van der Waals surface area (Å²) in [5.74, 6) is 3.66. The second-order valence-electron chi connectivity index (χ2n) is 25.8. The van der Waals surface area contributed by atoms with Crippen molar-refractivity contribution in [1.29, 1.82) is 0 Å². The Morgan fingerprint density at radius 3 is 0.991 bits per heavy atom. The van der Waals surface area contributed by atoms with E-state index in [1.165, 1.54) is 0 Å². The molecule has 0 fully saturated rings. The molecule has 19 rings (SSSR count). The number of H-pyrrole nitrogens is 2. The van der Waals surface area contributed by atoms with Gasteiger partial charge < -0.3 is 29.3 Å². The van der Waals surface area contributed by atoms with Gasteiger partial charge >= 0.3 is 5.97 Å². The standard InChI is InChI=1S/C93H58N8O5/c102-93(103)63-51-49-56(50-52-63)64-53-54-71-75(55-64)89-95-85(71)94-86-72-43-22-46-76(104-82-65(57-25-7-1-8-26-57)37-19-38-66(82)58-27-9-2-10-28-58)79(72)90(96-86)97-87-73-44-23-47-77(105-83-67(59-29-11-3-12-30-59)39-20-40-68(83)60-31-13-4-14-32-60)80(73)91(98-87)99-88-74-45-24-48-78(81(74)92(100-88)101-89)106-84-69(61-33-15-5-16-34-61)41-21-42-70(84)62-35-17-6-18-36-62/h1-55H,(H,102,103)(H2,94,95,96,97,98,99,100,101). The van der Waals surface area contributed by atoms with E-state index in [-0.39, 0.29) is 5.56 Å². The van der Waals surface area contributed by atoms with Crippen LogP contribution in [0.4, 0.5) is 0 Å². The summed E-state index contributed by atoms with van der Waals surface area (Å²) in [5.41, 5.74) is 17.1. The number of carbonyl (C=O) groups is 1. The van der Waals surface area contributed by atoms with Crippen molar-refractivity contribution in [3.05, 3.63) is 339 Å². The lowest BCUT2D eigenvalue weighted by Gasteiger charge is -2.18. The Balaban J connectivity index is 0.905. The molecule has 14 aromatic carbocycles. The second kappa shape index (κ2) is 26.4. The van der Waals surface area contributed by atoms with Crippen LogP contribution in [0.25, 0.3) is 168 Å². The highest BCUT2D eigenvalue weighted by atomic mass is 16.5.